The van der Waals surface area contributed by atoms with Crippen molar-refractivity contribution in [1.82, 2.24) is 0 Å². The number of aromatic hydroxyl groups is 1. The molecule has 0 saturated carbocycles. The summed E-state index contributed by atoms with van der Waals surface area (Å²) in [5, 5.41) is 9.06. The number of nitrogens with two attached hydrogens (primary N) is 1. The summed E-state index contributed by atoms with van der Waals surface area (Å²) in [5.41, 5.74) is 6.66. The van der Waals surface area contributed by atoms with Gasteiger partial charge >= 0.3 is 0 Å². The molecule has 1 aromatic rings. The number of rotatable bonds is 0. The van der Waals surface area contributed by atoms with Crippen LogP contribution in [0.4, 0.5) is 0 Å². The van der Waals surface area contributed by atoms with Crippen LogP contribution in [0.25, 0.3) is 0 Å². The summed E-state index contributed by atoms with van der Waals surface area (Å²) < 4.78 is 5.21. The van der Waals surface area contributed by atoms with Gasteiger partial charge in [-0.15, -0.1) is 0 Å². The molecule has 1 aliphatic heterocycles. The van der Waals surface area contributed by atoms with Crippen LogP contribution in [0.3, 0.4) is 0 Å². The van der Waals surface area contributed by atoms with Gasteiger partial charge in [-0.05, 0) is 12.1 Å². The fraction of sp³-hybridized carbons (Fsp3) is 0.250. The van der Waals surface area contributed by atoms with E-state index in [1.54, 1.807) is 18.2 Å². The Kier molecular flexibility index (Phi) is 1.26. The first-order valence-corrected chi connectivity index (χ1v) is 3.48. The van der Waals surface area contributed by atoms with Gasteiger partial charge in [-0.25, -0.2) is 0 Å². The molecule has 0 bridgehead atoms. The van der Waals surface area contributed by atoms with E-state index >= 15 is 0 Å². The lowest BCUT2D eigenvalue weighted by molar-refractivity contribution is 0.332. The van der Waals surface area contributed by atoms with E-state index in [0.717, 1.165) is 5.56 Å². The third-order valence-electron chi connectivity index (χ3n) is 1.82. The quantitative estimate of drug-likeness (QED) is 0.576. The van der Waals surface area contributed by atoms with Crippen LogP contribution in [0.5, 0.6) is 11.5 Å². The molecular weight excluding hydrogens is 142 g/mol. The molecule has 0 amide bonds. The summed E-state index contributed by atoms with van der Waals surface area (Å²) in [6, 6.07) is 4.96. The second-order valence-corrected chi connectivity index (χ2v) is 2.64. The monoisotopic (exact) mass is 151 g/mol. The molecule has 0 saturated heterocycles. The van der Waals surface area contributed by atoms with Crippen LogP contribution < -0.4 is 10.5 Å². The molecule has 3 nitrogen and oxygen atoms in total. The Morgan fingerprint density at radius 3 is 3.18 bits per heavy atom. The molecule has 11 heavy (non-hydrogen) atoms. The molecule has 0 fully saturated rings. The molecule has 58 valence electrons. The van der Waals surface area contributed by atoms with Crippen molar-refractivity contribution in [3.8, 4) is 11.5 Å². The van der Waals surface area contributed by atoms with Crippen molar-refractivity contribution < 1.29 is 9.84 Å². The SMILES string of the molecule is NC1COc2cc(O)ccc21. The van der Waals surface area contributed by atoms with E-state index in [1.807, 2.05) is 0 Å². The lowest BCUT2D eigenvalue weighted by Gasteiger charge is -1.99. The highest BCUT2D eigenvalue weighted by Crippen LogP contribution is 2.33. The van der Waals surface area contributed by atoms with Crippen molar-refractivity contribution in [2.45, 2.75) is 6.04 Å². The van der Waals surface area contributed by atoms with Crippen molar-refractivity contribution in [3.63, 3.8) is 0 Å². The van der Waals surface area contributed by atoms with E-state index < -0.39 is 0 Å². The molecule has 0 aromatic heterocycles. The van der Waals surface area contributed by atoms with E-state index in [-0.39, 0.29) is 11.8 Å². The Morgan fingerprint density at radius 2 is 2.36 bits per heavy atom. The Hall–Kier alpha value is -1.22. The fourth-order valence-corrected chi connectivity index (χ4v) is 1.22. The van der Waals surface area contributed by atoms with Gasteiger partial charge in [0.25, 0.3) is 0 Å². The van der Waals surface area contributed by atoms with Crippen LogP contribution in [0.2, 0.25) is 0 Å². The summed E-state index contributed by atoms with van der Waals surface area (Å²) in [7, 11) is 0. The smallest absolute Gasteiger partial charge is 0.127 e. The molecule has 1 unspecified atom stereocenters. The number of benzene rings is 1. The Morgan fingerprint density at radius 1 is 1.55 bits per heavy atom. The highest BCUT2D eigenvalue weighted by molar-refractivity contribution is 5.44. The van der Waals surface area contributed by atoms with Crippen molar-refractivity contribution in [1.29, 1.82) is 0 Å². The lowest BCUT2D eigenvalue weighted by atomic mass is 10.1. The molecule has 1 heterocycles. The van der Waals surface area contributed by atoms with Crippen LogP contribution in [-0.2, 0) is 0 Å². The Labute approximate surface area is 64.4 Å². The zero-order valence-corrected chi connectivity index (χ0v) is 5.95. The second kappa shape index (κ2) is 2.13. The molecule has 2 rings (SSSR count). The van der Waals surface area contributed by atoms with Gasteiger partial charge < -0.3 is 15.6 Å². The van der Waals surface area contributed by atoms with E-state index in [0.29, 0.717) is 12.4 Å². The third kappa shape index (κ3) is 0.935. The van der Waals surface area contributed by atoms with E-state index in [4.69, 9.17) is 15.6 Å². The number of hydrogen-bond donors (Lipinski definition) is 2. The minimum Gasteiger partial charge on any atom is -0.508 e. The van der Waals surface area contributed by atoms with Crippen molar-refractivity contribution in [2.75, 3.05) is 6.61 Å². The van der Waals surface area contributed by atoms with Crippen LogP contribution in [-0.4, -0.2) is 11.7 Å². The summed E-state index contributed by atoms with van der Waals surface area (Å²) in [6.07, 6.45) is 0. The second-order valence-electron chi connectivity index (χ2n) is 2.64. The average Bonchev–Trinajstić information content (AvgIpc) is 2.32. The third-order valence-corrected chi connectivity index (χ3v) is 1.82. The minimum absolute atomic E-state index is 0.0365. The Bertz CT molecular complexity index is 285. The largest absolute Gasteiger partial charge is 0.508 e. The van der Waals surface area contributed by atoms with Gasteiger partial charge in [-0.1, -0.05) is 0 Å². The van der Waals surface area contributed by atoms with Gasteiger partial charge in [0.05, 0.1) is 6.04 Å². The molecule has 3 N–H and O–H groups in total. The van der Waals surface area contributed by atoms with Gasteiger partial charge in [0.15, 0.2) is 0 Å². The van der Waals surface area contributed by atoms with Gasteiger partial charge in [0.2, 0.25) is 0 Å². The molecule has 1 atom stereocenters. The number of fused-ring (bicyclic) bond motifs is 1. The maximum atomic E-state index is 9.06. The highest BCUT2D eigenvalue weighted by atomic mass is 16.5. The first kappa shape index (κ1) is 6.49. The lowest BCUT2D eigenvalue weighted by Crippen LogP contribution is -2.10. The first-order chi connectivity index (χ1) is 5.27. The van der Waals surface area contributed by atoms with Gasteiger partial charge in [0.1, 0.15) is 18.1 Å². The van der Waals surface area contributed by atoms with E-state index in [2.05, 4.69) is 0 Å². The fourth-order valence-electron chi connectivity index (χ4n) is 1.22. The zero-order valence-electron chi connectivity index (χ0n) is 5.95. The maximum Gasteiger partial charge on any atom is 0.127 e. The first-order valence-electron chi connectivity index (χ1n) is 3.48. The highest BCUT2D eigenvalue weighted by Gasteiger charge is 2.20. The molecular formula is C8H9NO2. The van der Waals surface area contributed by atoms with Crippen LogP contribution in [0, 0.1) is 0 Å². The molecule has 0 spiro atoms. The van der Waals surface area contributed by atoms with E-state index in [1.165, 1.54) is 0 Å². The number of hydrogen-bond acceptors (Lipinski definition) is 3. The van der Waals surface area contributed by atoms with Crippen LogP contribution >= 0.6 is 0 Å². The molecule has 0 aliphatic carbocycles. The minimum atomic E-state index is -0.0365. The van der Waals surface area contributed by atoms with Crippen molar-refractivity contribution in [3.05, 3.63) is 23.8 Å². The molecule has 1 aliphatic rings. The van der Waals surface area contributed by atoms with Crippen molar-refractivity contribution in [2.24, 2.45) is 5.73 Å². The average molecular weight is 151 g/mol. The molecule has 1 aromatic carbocycles. The predicted octanol–water partition coefficient (Wildman–Crippen LogP) is 0.784. The van der Waals surface area contributed by atoms with Gasteiger partial charge in [-0.3, -0.25) is 0 Å². The predicted molar refractivity (Wildman–Crippen MR) is 40.5 cm³/mol. The maximum absolute atomic E-state index is 9.06. The normalized spacial score (nSPS) is 21.0. The number of phenols is 1. The van der Waals surface area contributed by atoms with E-state index in [9.17, 15) is 0 Å². The molecule has 3 heteroatoms. The summed E-state index contributed by atoms with van der Waals surface area (Å²) in [5.74, 6) is 0.926. The zero-order chi connectivity index (χ0) is 7.84. The van der Waals surface area contributed by atoms with Crippen LogP contribution in [0.1, 0.15) is 11.6 Å². The standard InChI is InChI=1S/C8H9NO2/c9-7-4-11-8-3-5(10)1-2-6(7)8/h1-3,7,10H,4,9H2. The number of phenolic OH excluding ortho intramolecular Hbond substituents is 1. The Balaban J connectivity index is 2.50. The van der Waals surface area contributed by atoms with Crippen molar-refractivity contribution >= 4 is 0 Å². The van der Waals surface area contributed by atoms with Crippen LogP contribution in [0.15, 0.2) is 18.2 Å². The van der Waals surface area contributed by atoms with Gasteiger partial charge in [-0.2, -0.15) is 0 Å². The van der Waals surface area contributed by atoms with Gasteiger partial charge in [0, 0.05) is 11.6 Å². The number of ether oxygens (including phenoxy) is 1. The summed E-state index contributed by atoms with van der Waals surface area (Å²) >= 11 is 0. The molecule has 0 radical (unpaired) electrons. The topological polar surface area (TPSA) is 55.5 Å². The summed E-state index contributed by atoms with van der Waals surface area (Å²) in [6.45, 7) is 0.513. The summed E-state index contributed by atoms with van der Waals surface area (Å²) in [4.78, 5) is 0.